The van der Waals surface area contributed by atoms with Crippen molar-refractivity contribution in [2.45, 2.75) is 11.7 Å². The second-order valence-corrected chi connectivity index (χ2v) is 3.87. The van der Waals surface area contributed by atoms with Crippen LogP contribution < -0.4 is 0 Å². The Balaban J connectivity index is 2.53. The lowest BCUT2D eigenvalue weighted by molar-refractivity contribution is 0.276. The van der Waals surface area contributed by atoms with Crippen LogP contribution in [-0.2, 0) is 10.1 Å². The Morgan fingerprint density at radius 3 is 2.22 bits per heavy atom. The molecule has 0 aromatic heterocycles. The molecule has 1 saturated carbocycles. The molecular weight excluding hydrogens is 144 g/mol. The van der Waals surface area contributed by atoms with Gasteiger partial charge in [0.25, 0.3) is 10.1 Å². The van der Waals surface area contributed by atoms with Crippen LogP contribution in [0.4, 0.5) is 0 Å². The molecule has 9 heavy (non-hydrogen) atoms. The number of aliphatic hydroxyl groups excluding tert-OH is 1. The zero-order valence-electron chi connectivity index (χ0n) is 4.69. The van der Waals surface area contributed by atoms with E-state index in [0.717, 1.165) is 0 Å². The first-order valence-electron chi connectivity index (χ1n) is 2.63. The third kappa shape index (κ3) is 1.41. The van der Waals surface area contributed by atoms with Crippen LogP contribution in [0, 0.1) is 5.92 Å². The van der Waals surface area contributed by atoms with E-state index >= 15 is 0 Å². The van der Waals surface area contributed by atoms with Crippen molar-refractivity contribution in [2.24, 2.45) is 5.92 Å². The van der Waals surface area contributed by atoms with E-state index in [2.05, 4.69) is 0 Å². The van der Waals surface area contributed by atoms with Gasteiger partial charge in [0.1, 0.15) is 0 Å². The molecular formula is C4H8O4S. The van der Waals surface area contributed by atoms with Crippen LogP contribution in [0.15, 0.2) is 0 Å². The summed E-state index contributed by atoms with van der Waals surface area (Å²) in [5.41, 5.74) is 0. The summed E-state index contributed by atoms with van der Waals surface area (Å²) in [7, 11) is -3.85. The van der Waals surface area contributed by atoms with Gasteiger partial charge in [-0.2, -0.15) is 8.42 Å². The largest absolute Gasteiger partial charge is 0.396 e. The molecule has 0 spiro atoms. The summed E-state index contributed by atoms with van der Waals surface area (Å²) in [5.74, 6) is -0.222. The van der Waals surface area contributed by atoms with Gasteiger partial charge in [-0.25, -0.2) is 0 Å². The maximum absolute atomic E-state index is 10.2. The lowest BCUT2D eigenvalue weighted by Crippen LogP contribution is -2.07. The lowest BCUT2D eigenvalue weighted by Gasteiger charge is -1.89. The highest BCUT2D eigenvalue weighted by Crippen LogP contribution is 2.35. The van der Waals surface area contributed by atoms with Gasteiger partial charge in [-0.15, -0.1) is 0 Å². The van der Waals surface area contributed by atoms with Crippen LogP contribution in [0.25, 0.3) is 0 Å². The molecule has 2 atom stereocenters. The van der Waals surface area contributed by atoms with Gasteiger partial charge in [-0.05, 0) is 6.42 Å². The molecule has 0 heterocycles. The van der Waals surface area contributed by atoms with E-state index in [0.29, 0.717) is 6.42 Å². The van der Waals surface area contributed by atoms with Crippen molar-refractivity contribution in [3.8, 4) is 0 Å². The van der Waals surface area contributed by atoms with Crippen molar-refractivity contribution < 1.29 is 18.1 Å². The third-order valence-corrected chi connectivity index (χ3v) is 2.82. The summed E-state index contributed by atoms with van der Waals surface area (Å²) in [6.45, 7) is -0.148. The van der Waals surface area contributed by atoms with Crippen LogP contribution >= 0.6 is 0 Å². The minimum atomic E-state index is -3.85. The van der Waals surface area contributed by atoms with Crippen LogP contribution in [0.3, 0.4) is 0 Å². The third-order valence-electron chi connectivity index (χ3n) is 1.47. The molecule has 0 amide bonds. The maximum atomic E-state index is 10.2. The number of hydrogen-bond donors (Lipinski definition) is 2. The molecule has 0 aliphatic heterocycles. The van der Waals surface area contributed by atoms with Crippen molar-refractivity contribution in [3.63, 3.8) is 0 Å². The van der Waals surface area contributed by atoms with Crippen molar-refractivity contribution in [3.05, 3.63) is 0 Å². The summed E-state index contributed by atoms with van der Waals surface area (Å²) in [4.78, 5) is 0. The van der Waals surface area contributed by atoms with Gasteiger partial charge in [0, 0.05) is 12.5 Å². The second kappa shape index (κ2) is 1.93. The highest BCUT2D eigenvalue weighted by molar-refractivity contribution is 7.86. The molecule has 4 nitrogen and oxygen atoms in total. The zero-order valence-corrected chi connectivity index (χ0v) is 5.50. The number of hydrogen-bond acceptors (Lipinski definition) is 3. The molecule has 0 aromatic carbocycles. The molecule has 2 unspecified atom stereocenters. The van der Waals surface area contributed by atoms with E-state index in [1.54, 1.807) is 0 Å². The van der Waals surface area contributed by atoms with Gasteiger partial charge in [-0.3, -0.25) is 4.55 Å². The molecule has 1 aliphatic carbocycles. The summed E-state index contributed by atoms with van der Waals surface area (Å²) >= 11 is 0. The lowest BCUT2D eigenvalue weighted by atomic mass is 10.5. The van der Waals surface area contributed by atoms with E-state index < -0.39 is 15.4 Å². The first-order chi connectivity index (χ1) is 4.05. The average Bonchev–Trinajstić information content (AvgIpc) is 2.39. The van der Waals surface area contributed by atoms with Crippen LogP contribution in [0.1, 0.15) is 6.42 Å². The Hall–Kier alpha value is -0.130. The van der Waals surface area contributed by atoms with Crippen molar-refractivity contribution in [1.82, 2.24) is 0 Å². The van der Waals surface area contributed by atoms with E-state index in [1.807, 2.05) is 0 Å². The fraction of sp³-hybridized carbons (Fsp3) is 1.00. The molecule has 1 fully saturated rings. The molecule has 2 N–H and O–H groups in total. The van der Waals surface area contributed by atoms with Crippen LogP contribution in [0.2, 0.25) is 0 Å². The van der Waals surface area contributed by atoms with E-state index in [1.165, 1.54) is 0 Å². The normalized spacial score (nSPS) is 34.4. The van der Waals surface area contributed by atoms with Crippen molar-refractivity contribution in [2.75, 3.05) is 6.61 Å². The van der Waals surface area contributed by atoms with E-state index in [-0.39, 0.29) is 12.5 Å². The molecule has 1 aliphatic rings. The molecule has 0 bridgehead atoms. The Kier molecular flexibility index (Phi) is 1.50. The van der Waals surface area contributed by atoms with Gasteiger partial charge >= 0.3 is 0 Å². The topological polar surface area (TPSA) is 74.6 Å². The molecule has 0 radical (unpaired) electrons. The fourth-order valence-electron chi connectivity index (χ4n) is 0.777. The Labute approximate surface area is 53.3 Å². The monoisotopic (exact) mass is 152 g/mol. The smallest absolute Gasteiger partial charge is 0.268 e. The molecule has 5 heteroatoms. The predicted octanol–water partition coefficient (Wildman–Crippen LogP) is -0.745. The van der Waals surface area contributed by atoms with Gasteiger partial charge in [0.05, 0.1) is 5.25 Å². The minimum Gasteiger partial charge on any atom is -0.396 e. The minimum absolute atomic E-state index is 0.148. The van der Waals surface area contributed by atoms with Crippen LogP contribution in [-0.4, -0.2) is 29.9 Å². The summed E-state index contributed by atoms with van der Waals surface area (Å²) < 4.78 is 28.7. The summed E-state index contributed by atoms with van der Waals surface area (Å²) in [6.07, 6.45) is 0.398. The summed E-state index contributed by atoms with van der Waals surface area (Å²) in [5, 5.41) is 7.67. The highest BCUT2D eigenvalue weighted by Gasteiger charge is 2.45. The Bertz CT molecular complexity index is 195. The number of aliphatic hydroxyl groups is 1. The van der Waals surface area contributed by atoms with Gasteiger partial charge in [0.15, 0.2) is 0 Å². The van der Waals surface area contributed by atoms with Gasteiger partial charge in [0.2, 0.25) is 0 Å². The Morgan fingerprint density at radius 2 is 2.11 bits per heavy atom. The van der Waals surface area contributed by atoms with Gasteiger partial charge < -0.3 is 5.11 Å². The average molecular weight is 152 g/mol. The molecule has 1 rings (SSSR count). The molecule has 0 saturated heterocycles. The van der Waals surface area contributed by atoms with E-state index in [9.17, 15) is 8.42 Å². The first-order valence-corrected chi connectivity index (χ1v) is 4.13. The molecule has 0 aromatic rings. The van der Waals surface area contributed by atoms with E-state index in [4.69, 9.17) is 9.66 Å². The SMILES string of the molecule is O=S(=O)(O)C1CC1CO. The fourth-order valence-corrected chi connectivity index (χ4v) is 1.84. The van der Waals surface area contributed by atoms with Gasteiger partial charge in [-0.1, -0.05) is 0 Å². The van der Waals surface area contributed by atoms with Crippen LogP contribution in [0.5, 0.6) is 0 Å². The van der Waals surface area contributed by atoms with Crippen molar-refractivity contribution >= 4 is 10.1 Å². The Morgan fingerprint density at radius 1 is 1.56 bits per heavy atom. The number of rotatable bonds is 2. The quantitative estimate of drug-likeness (QED) is 0.511. The first kappa shape index (κ1) is 6.98. The zero-order chi connectivity index (χ0) is 7.07. The summed E-state index contributed by atoms with van der Waals surface area (Å²) in [6, 6.07) is 0. The maximum Gasteiger partial charge on any atom is 0.268 e. The standard InChI is InChI=1S/C4H8O4S/c5-2-3-1-4(3)9(6,7)8/h3-5H,1-2H2,(H,6,7,8). The highest BCUT2D eigenvalue weighted by atomic mass is 32.2. The van der Waals surface area contributed by atoms with Crippen molar-refractivity contribution in [1.29, 1.82) is 0 Å². The molecule has 54 valence electrons. The second-order valence-electron chi connectivity index (χ2n) is 2.23. The predicted molar refractivity (Wildman–Crippen MR) is 30.5 cm³/mol.